The van der Waals surface area contributed by atoms with Crippen molar-refractivity contribution in [2.24, 2.45) is 5.92 Å². The molecule has 2 aliphatic rings. The lowest BCUT2D eigenvalue weighted by Crippen LogP contribution is -2.53. The Kier molecular flexibility index (Phi) is 10.5. The fraction of sp³-hybridized carbons (Fsp3) is 0.667. The molecule has 0 saturated carbocycles. The first-order valence-electron chi connectivity index (χ1n) is 13.3. The van der Waals surface area contributed by atoms with E-state index in [-0.39, 0.29) is 29.7 Å². The van der Waals surface area contributed by atoms with Gasteiger partial charge in [-0.3, -0.25) is 24.2 Å². The largest absolute Gasteiger partial charge is 0.353 e. The van der Waals surface area contributed by atoms with Crippen LogP contribution in [0, 0.1) is 5.92 Å². The van der Waals surface area contributed by atoms with Crippen LogP contribution in [-0.4, -0.2) is 90.8 Å². The summed E-state index contributed by atoms with van der Waals surface area (Å²) in [6.45, 7) is 11.1. The average molecular weight is 486 g/mol. The fourth-order valence-corrected chi connectivity index (χ4v) is 5.07. The third-order valence-electron chi connectivity index (χ3n) is 7.11. The van der Waals surface area contributed by atoms with Crippen LogP contribution in [0.25, 0.3) is 0 Å². The van der Waals surface area contributed by atoms with Crippen LogP contribution in [0.15, 0.2) is 24.3 Å². The molecule has 35 heavy (non-hydrogen) atoms. The molecule has 3 amide bonds. The zero-order chi connectivity index (χ0) is 25.2. The van der Waals surface area contributed by atoms with E-state index in [2.05, 4.69) is 41.2 Å². The number of piperidine rings is 1. The Morgan fingerprint density at radius 3 is 2.46 bits per heavy atom. The van der Waals surface area contributed by atoms with Crippen molar-refractivity contribution >= 4 is 23.4 Å². The number of benzene rings is 1. The van der Waals surface area contributed by atoms with Gasteiger partial charge < -0.3 is 15.5 Å². The number of piperazine rings is 1. The predicted molar refractivity (Wildman–Crippen MR) is 139 cm³/mol. The van der Waals surface area contributed by atoms with E-state index in [0.717, 1.165) is 49.9 Å². The molecule has 0 bridgehead atoms. The summed E-state index contributed by atoms with van der Waals surface area (Å²) in [5, 5.41) is 6.16. The summed E-state index contributed by atoms with van der Waals surface area (Å²) < 4.78 is 0. The number of carbonyl (C=O) groups excluding carboxylic acids is 3. The highest BCUT2D eigenvalue weighted by Crippen LogP contribution is 2.18. The number of para-hydroxylation sites is 1. The van der Waals surface area contributed by atoms with Crippen LogP contribution in [0.5, 0.6) is 0 Å². The van der Waals surface area contributed by atoms with E-state index in [1.807, 2.05) is 29.2 Å². The first-order valence-corrected chi connectivity index (χ1v) is 13.3. The number of hydrogen-bond donors (Lipinski definition) is 2. The van der Waals surface area contributed by atoms with Crippen LogP contribution >= 0.6 is 0 Å². The van der Waals surface area contributed by atoms with Crippen LogP contribution in [-0.2, 0) is 20.8 Å². The Morgan fingerprint density at radius 2 is 1.74 bits per heavy atom. The molecule has 8 heteroatoms. The van der Waals surface area contributed by atoms with Crippen LogP contribution in [0.4, 0.5) is 5.69 Å². The average Bonchev–Trinajstić information content (AvgIpc) is 2.85. The Balaban J connectivity index is 1.39. The normalized spacial score (nSPS) is 20.3. The van der Waals surface area contributed by atoms with Crippen molar-refractivity contribution in [3.8, 4) is 0 Å². The lowest BCUT2D eigenvalue weighted by atomic mass is 9.96. The molecule has 2 unspecified atom stereocenters. The van der Waals surface area contributed by atoms with Gasteiger partial charge in [0, 0.05) is 44.5 Å². The molecule has 2 heterocycles. The topological polar surface area (TPSA) is 85.0 Å². The first-order chi connectivity index (χ1) is 16.9. The maximum Gasteiger partial charge on any atom is 0.238 e. The molecule has 8 nitrogen and oxygen atoms in total. The highest BCUT2D eigenvalue weighted by Gasteiger charge is 2.29. The Bertz CT molecular complexity index is 853. The van der Waals surface area contributed by atoms with E-state index in [4.69, 9.17) is 0 Å². The van der Waals surface area contributed by atoms with Crippen molar-refractivity contribution < 1.29 is 14.4 Å². The number of anilines is 1. The highest BCUT2D eigenvalue weighted by atomic mass is 16.2. The zero-order valence-corrected chi connectivity index (χ0v) is 21.7. The molecule has 3 rings (SSSR count). The van der Waals surface area contributed by atoms with Crippen molar-refractivity contribution in [3.05, 3.63) is 29.8 Å². The van der Waals surface area contributed by atoms with Crippen molar-refractivity contribution in [2.45, 2.75) is 58.9 Å². The second-order valence-electron chi connectivity index (χ2n) is 9.99. The lowest BCUT2D eigenvalue weighted by molar-refractivity contribution is -0.136. The molecule has 0 aliphatic carbocycles. The van der Waals surface area contributed by atoms with Crippen molar-refractivity contribution in [1.82, 2.24) is 20.0 Å². The molecule has 0 aromatic heterocycles. The van der Waals surface area contributed by atoms with Gasteiger partial charge in [-0.15, -0.1) is 0 Å². The first kappa shape index (κ1) is 27.1. The van der Waals surface area contributed by atoms with Gasteiger partial charge in [0.2, 0.25) is 17.7 Å². The van der Waals surface area contributed by atoms with Gasteiger partial charge in [-0.1, -0.05) is 38.5 Å². The third-order valence-corrected chi connectivity index (χ3v) is 7.11. The highest BCUT2D eigenvalue weighted by molar-refractivity contribution is 5.93. The molecular weight excluding hydrogens is 442 g/mol. The number of nitrogens with one attached hydrogen (secondary N) is 2. The smallest absolute Gasteiger partial charge is 0.238 e. The molecule has 194 valence electrons. The van der Waals surface area contributed by atoms with E-state index >= 15 is 0 Å². The SMILES string of the molecule is CCCC(C)NC(=O)C1CCCN(CC(=O)N2CCN(CC(=O)Nc3ccccc3CC)CC2)C1. The molecule has 1 aromatic carbocycles. The molecule has 2 aliphatic heterocycles. The summed E-state index contributed by atoms with van der Waals surface area (Å²) in [5.74, 6) is 0.184. The van der Waals surface area contributed by atoms with Crippen LogP contribution in [0.1, 0.15) is 52.0 Å². The minimum Gasteiger partial charge on any atom is -0.353 e. The Labute approximate surface area is 210 Å². The minimum absolute atomic E-state index is 0.0171. The third kappa shape index (κ3) is 8.32. The van der Waals surface area contributed by atoms with E-state index in [9.17, 15) is 14.4 Å². The second-order valence-corrected chi connectivity index (χ2v) is 9.99. The summed E-state index contributed by atoms with van der Waals surface area (Å²) in [6, 6.07) is 8.09. The minimum atomic E-state index is -0.0379. The van der Waals surface area contributed by atoms with Crippen LogP contribution in [0.3, 0.4) is 0 Å². The van der Waals surface area contributed by atoms with Crippen molar-refractivity contribution in [2.75, 3.05) is 57.7 Å². The molecule has 2 N–H and O–H groups in total. The second kappa shape index (κ2) is 13.6. The number of carbonyl (C=O) groups is 3. The number of rotatable bonds is 10. The molecular formula is C27H43N5O3. The summed E-state index contributed by atoms with van der Waals surface area (Å²) in [5.41, 5.74) is 2.01. The lowest BCUT2D eigenvalue weighted by Gasteiger charge is -2.37. The number of amides is 3. The molecule has 0 spiro atoms. The van der Waals surface area contributed by atoms with E-state index < -0.39 is 0 Å². The van der Waals surface area contributed by atoms with Crippen LogP contribution in [0.2, 0.25) is 0 Å². The van der Waals surface area contributed by atoms with Gasteiger partial charge in [0.25, 0.3) is 0 Å². The van der Waals surface area contributed by atoms with Crippen LogP contribution < -0.4 is 10.6 Å². The van der Waals surface area contributed by atoms with E-state index in [1.165, 1.54) is 0 Å². The maximum atomic E-state index is 12.9. The maximum absolute atomic E-state index is 12.9. The summed E-state index contributed by atoms with van der Waals surface area (Å²) >= 11 is 0. The summed E-state index contributed by atoms with van der Waals surface area (Å²) in [4.78, 5) is 44.2. The standard InChI is InChI=1S/C27H43N5O3/c1-4-9-21(3)28-27(35)23-11-8-13-31(18-23)20-26(34)32-16-14-30(15-17-32)19-25(33)29-24-12-7-6-10-22(24)5-2/h6-7,10,12,21,23H,4-5,8-9,11,13-20H2,1-3H3,(H,28,35)(H,29,33). The van der Waals surface area contributed by atoms with Gasteiger partial charge >= 0.3 is 0 Å². The quantitative estimate of drug-likeness (QED) is 0.532. The fourth-order valence-electron chi connectivity index (χ4n) is 5.07. The van der Waals surface area contributed by atoms with Gasteiger partial charge in [-0.2, -0.15) is 0 Å². The zero-order valence-electron chi connectivity index (χ0n) is 21.7. The molecule has 1 aromatic rings. The predicted octanol–water partition coefficient (Wildman–Crippen LogP) is 2.35. The molecule has 2 fully saturated rings. The van der Waals surface area contributed by atoms with Gasteiger partial charge in [0.05, 0.1) is 19.0 Å². The monoisotopic (exact) mass is 485 g/mol. The molecule has 2 saturated heterocycles. The van der Waals surface area contributed by atoms with Gasteiger partial charge in [0.1, 0.15) is 0 Å². The number of hydrogen-bond acceptors (Lipinski definition) is 5. The molecule has 0 radical (unpaired) electrons. The van der Waals surface area contributed by atoms with Crippen molar-refractivity contribution in [3.63, 3.8) is 0 Å². The Morgan fingerprint density at radius 1 is 1.00 bits per heavy atom. The number of likely N-dealkylation sites (tertiary alicyclic amines) is 1. The van der Waals surface area contributed by atoms with Gasteiger partial charge in [-0.05, 0) is 50.8 Å². The summed E-state index contributed by atoms with van der Waals surface area (Å²) in [7, 11) is 0. The van der Waals surface area contributed by atoms with E-state index in [0.29, 0.717) is 45.8 Å². The molecule has 2 atom stereocenters. The van der Waals surface area contributed by atoms with Gasteiger partial charge in [-0.25, -0.2) is 0 Å². The van der Waals surface area contributed by atoms with Crippen molar-refractivity contribution in [1.29, 1.82) is 0 Å². The number of aryl methyl sites for hydroxylation is 1. The Hall–Kier alpha value is -2.45. The number of nitrogens with zero attached hydrogens (tertiary/aromatic N) is 3. The van der Waals surface area contributed by atoms with E-state index in [1.54, 1.807) is 0 Å². The summed E-state index contributed by atoms with van der Waals surface area (Å²) in [6.07, 6.45) is 4.74. The van der Waals surface area contributed by atoms with Gasteiger partial charge in [0.15, 0.2) is 0 Å².